The van der Waals surface area contributed by atoms with E-state index in [1.54, 1.807) is 36.7 Å². The van der Waals surface area contributed by atoms with Crippen molar-refractivity contribution in [2.24, 2.45) is 11.5 Å². The molecule has 3 rings (SSSR count). The largest absolute Gasteiger partial charge is 0.364 e. The zero-order valence-corrected chi connectivity index (χ0v) is 14.4. The molecule has 1 aromatic carbocycles. The van der Waals surface area contributed by atoms with Crippen LogP contribution < -0.4 is 16.8 Å². The SMILES string of the molecule is NCc1ncc(-c2cccc(C(=O)NCc3ccncc3)c2)nc1C(N)=O. The molecule has 0 fully saturated rings. The summed E-state index contributed by atoms with van der Waals surface area (Å²) in [4.78, 5) is 36.3. The van der Waals surface area contributed by atoms with Crippen LogP contribution in [0, 0.1) is 0 Å². The van der Waals surface area contributed by atoms with Crippen molar-refractivity contribution < 1.29 is 9.59 Å². The molecule has 0 aliphatic heterocycles. The van der Waals surface area contributed by atoms with E-state index in [0.717, 1.165) is 5.56 Å². The predicted octanol–water partition coefficient (Wildman–Crippen LogP) is 1.03. The number of nitrogens with one attached hydrogen (secondary N) is 1. The number of pyridine rings is 1. The van der Waals surface area contributed by atoms with E-state index in [4.69, 9.17) is 11.5 Å². The van der Waals surface area contributed by atoms with Crippen LogP contribution in [0.5, 0.6) is 0 Å². The molecule has 0 saturated carbocycles. The maximum atomic E-state index is 12.4. The summed E-state index contributed by atoms with van der Waals surface area (Å²) in [6, 6.07) is 10.5. The van der Waals surface area contributed by atoms with Crippen molar-refractivity contribution in [1.29, 1.82) is 0 Å². The summed E-state index contributed by atoms with van der Waals surface area (Å²) in [6.07, 6.45) is 4.84. The van der Waals surface area contributed by atoms with Gasteiger partial charge in [0, 0.05) is 36.6 Å². The number of hydrogen-bond donors (Lipinski definition) is 3. The van der Waals surface area contributed by atoms with Crippen LogP contribution in [0.1, 0.15) is 32.1 Å². The third kappa shape index (κ3) is 4.31. The topological polar surface area (TPSA) is 137 Å². The molecule has 0 aliphatic rings. The third-order valence-electron chi connectivity index (χ3n) is 3.90. The van der Waals surface area contributed by atoms with Crippen molar-refractivity contribution >= 4 is 11.8 Å². The summed E-state index contributed by atoms with van der Waals surface area (Å²) >= 11 is 0. The molecule has 8 nitrogen and oxygen atoms in total. The Morgan fingerprint density at radius 2 is 1.89 bits per heavy atom. The number of carbonyl (C=O) groups excluding carboxylic acids is 2. The standard InChI is InChI=1S/C19H18N6O2/c20-9-15-17(18(21)26)25-16(11-23-15)13-2-1-3-14(8-13)19(27)24-10-12-4-6-22-7-5-12/h1-8,11H,9-10,20H2,(H2,21,26)(H,24,27). The molecule has 2 heterocycles. The number of primary amides is 1. The molecule has 0 radical (unpaired) electrons. The van der Waals surface area contributed by atoms with Crippen LogP contribution >= 0.6 is 0 Å². The second-order valence-electron chi connectivity index (χ2n) is 5.74. The van der Waals surface area contributed by atoms with E-state index in [1.165, 1.54) is 6.20 Å². The van der Waals surface area contributed by atoms with Gasteiger partial charge in [0.25, 0.3) is 11.8 Å². The summed E-state index contributed by atoms with van der Waals surface area (Å²) in [5.74, 6) is -0.925. The molecule has 3 aromatic rings. The zero-order valence-electron chi connectivity index (χ0n) is 14.4. The highest BCUT2D eigenvalue weighted by atomic mass is 16.2. The third-order valence-corrected chi connectivity index (χ3v) is 3.90. The van der Waals surface area contributed by atoms with Gasteiger partial charge in [-0.15, -0.1) is 0 Å². The first-order valence-corrected chi connectivity index (χ1v) is 8.22. The summed E-state index contributed by atoms with van der Waals surface area (Å²) in [5, 5.41) is 2.85. The Morgan fingerprint density at radius 3 is 2.59 bits per heavy atom. The van der Waals surface area contributed by atoms with Crippen molar-refractivity contribution in [1.82, 2.24) is 20.3 Å². The van der Waals surface area contributed by atoms with Gasteiger partial charge in [-0.25, -0.2) is 4.98 Å². The van der Waals surface area contributed by atoms with Crippen LogP contribution in [0.25, 0.3) is 11.3 Å². The molecule has 136 valence electrons. The van der Waals surface area contributed by atoms with Gasteiger partial charge in [0.2, 0.25) is 0 Å². The molecule has 0 bridgehead atoms. The van der Waals surface area contributed by atoms with Gasteiger partial charge in [-0.3, -0.25) is 19.6 Å². The van der Waals surface area contributed by atoms with E-state index >= 15 is 0 Å². The van der Waals surface area contributed by atoms with Crippen LogP contribution in [-0.2, 0) is 13.1 Å². The lowest BCUT2D eigenvalue weighted by atomic mass is 10.1. The molecule has 2 amide bonds. The molecule has 0 spiro atoms. The van der Waals surface area contributed by atoms with E-state index in [9.17, 15) is 9.59 Å². The van der Waals surface area contributed by atoms with E-state index in [-0.39, 0.29) is 18.1 Å². The van der Waals surface area contributed by atoms with Crippen molar-refractivity contribution in [2.45, 2.75) is 13.1 Å². The summed E-state index contributed by atoms with van der Waals surface area (Å²) in [7, 11) is 0. The normalized spacial score (nSPS) is 10.4. The Balaban J connectivity index is 1.82. The Labute approximate surface area is 155 Å². The molecule has 27 heavy (non-hydrogen) atoms. The monoisotopic (exact) mass is 362 g/mol. The summed E-state index contributed by atoms with van der Waals surface area (Å²) in [5.41, 5.74) is 13.8. The quantitative estimate of drug-likeness (QED) is 0.599. The number of amides is 2. The average Bonchev–Trinajstić information content (AvgIpc) is 2.72. The lowest BCUT2D eigenvalue weighted by Gasteiger charge is -2.09. The van der Waals surface area contributed by atoms with E-state index in [1.807, 2.05) is 12.1 Å². The van der Waals surface area contributed by atoms with Gasteiger partial charge in [-0.2, -0.15) is 0 Å². The molecule has 2 aromatic heterocycles. The highest BCUT2D eigenvalue weighted by Crippen LogP contribution is 2.19. The maximum absolute atomic E-state index is 12.4. The molecule has 0 saturated heterocycles. The van der Waals surface area contributed by atoms with E-state index in [2.05, 4.69) is 20.3 Å². The summed E-state index contributed by atoms with van der Waals surface area (Å²) in [6.45, 7) is 0.450. The Morgan fingerprint density at radius 1 is 1.11 bits per heavy atom. The van der Waals surface area contributed by atoms with Crippen LogP contribution in [0.2, 0.25) is 0 Å². The number of hydrogen-bond acceptors (Lipinski definition) is 6. The number of benzene rings is 1. The fraction of sp³-hybridized carbons (Fsp3) is 0.105. The van der Waals surface area contributed by atoms with Crippen LogP contribution in [0.15, 0.2) is 55.0 Å². The van der Waals surface area contributed by atoms with Crippen LogP contribution in [0.4, 0.5) is 0 Å². The van der Waals surface area contributed by atoms with Gasteiger partial charge in [0.15, 0.2) is 5.69 Å². The van der Waals surface area contributed by atoms with E-state index in [0.29, 0.717) is 29.1 Å². The second-order valence-corrected chi connectivity index (χ2v) is 5.74. The Bertz CT molecular complexity index is 975. The average molecular weight is 362 g/mol. The van der Waals surface area contributed by atoms with Crippen molar-refractivity contribution in [3.8, 4) is 11.3 Å². The predicted molar refractivity (Wildman–Crippen MR) is 99.3 cm³/mol. The number of aromatic nitrogens is 3. The lowest BCUT2D eigenvalue weighted by Crippen LogP contribution is -2.22. The second kappa shape index (κ2) is 8.15. The maximum Gasteiger partial charge on any atom is 0.269 e. The Hall–Kier alpha value is -3.65. The minimum absolute atomic E-state index is 0.0301. The van der Waals surface area contributed by atoms with Gasteiger partial charge in [0.05, 0.1) is 17.6 Å². The van der Waals surface area contributed by atoms with Crippen molar-refractivity contribution in [2.75, 3.05) is 0 Å². The first-order chi connectivity index (χ1) is 13.1. The Kier molecular flexibility index (Phi) is 5.48. The number of rotatable bonds is 6. The first-order valence-electron chi connectivity index (χ1n) is 8.22. The minimum Gasteiger partial charge on any atom is -0.364 e. The van der Waals surface area contributed by atoms with Crippen molar-refractivity contribution in [3.05, 3.63) is 77.5 Å². The summed E-state index contributed by atoms with van der Waals surface area (Å²) < 4.78 is 0. The fourth-order valence-corrected chi connectivity index (χ4v) is 2.50. The van der Waals surface area contributed by atoms with Gasteiger partial charge in [0.1, 0.15) is 0 Å². The molecular formula is C19H18N6O2. The molecule has 8 heteroatoms. The smallest absolute Gasteiger partial charge is 0.269 e. The van der Waals surface area contributed by atoms with Gasteiger partial charge in [-0.1, -0.05) is 12.1 Å². The number of nitrogens with zero attached hydrogens (tertiary/aromatic N) is 3. The molecule has 0 aliphatic carbocycles. The number of nitrogens with two attached hydrogens (primary N) is 2. The molecule has 0 unspecified atom stereocenters. The first kappa shape index (κ1) is 18.2. The van der Waals surface area contributed by atoms with Gasteiger partial charge >= 0.3 is 0 Å². The van der Waals surface area contributed by atoms with Crippen molar-refractivity contribution in [3.63, 3.8) is 0 Å². The highest BCUT2D eigenvalue weighted by Gasteiger charge is 2.14. The fourth-order valence-electron chi connectivity index (χ4n) is 2.50. The van der Waals surface area contributed by atoms with Gasteiger partial charge < -0.3 is 16.8 Å². The van der Waals surface area contributed by atoms with Crippen LogP contribution in [-0.4, -0.2) is 26.8 Å². The lowest BCUT2D eigenvalue weighted by molar-refractivity contribution is 0.0949. The van der Waals surface area contributed by atoms with E-state index < -0.39 is 5.91 Å². The van der Waals surface area contributed by atoms with Crippen LogP contribution in [0.3, 0.4) is 0 Å². The zero-order chi connectivity index (χ0) is 19.2. The molecule has 0 atom stereocenters. The molecular weight excluding hydrogens is 344 g/mol. The minimum atomic E-state index is -0.698. The molecule has 5 N–H and O–H groups in total. The van der Waals surface area contributed by atoms with Gasteiger partial charge in [-0.05, 0) is 29.8 Å². The number of carbonyl (C=O) groups is 2. The highest BCUT2D eigenvalue weighted by molar-refractivity contribution is 5.95.